The Labute approximate surface area is 151 Å². The monoisotopic (exact) mass is 385 g/mol. The Kier molecular flexibility index (Phi) is 5.69. The Morgan fingerprint density at radius 2 is 1.96 bits per heavy atom. The molecule has 1 heterocycles. The van der Waals surface area contributed by atoms with E-state index in [4.69, 9.17) is 9.47 Å². The molecule has 1 saturated heterocycles. The lowest BCUT2D eigenvalue weighted by atomic mass is 9.96. The zero-order chi connectivity index (χ0) is 18.7. The fraction of sp³-hybridized carbons (Fsp3) is 0.529. The molecule has 9 heteroatoms. The molecule has 1 aliphatic carbocycles. The van der Waals surface area contributed by atoms with Gasteiger partial charge >= 0.3 is 5.97 Å². The van der Waals surface area contributed by atoms with Crippen molar-refractivity contribution in [1.82, 2.24) is 4.31 Å². The summed E-state index contributed by atoms with van der Waals surface area (Å²) in [5.74, 6) is -2.11. The van der Waals surface area contributed by atoms with E-state index in [0.29, 0.717) is 12.8 Å². The first kappa shape index (κ1) is 18.9. The van der Waals surface area contributed by atoms with E-state index in [1.54, 1.807) is 0 Å². The van der Waals surface area contributed by atoms with Crippen LogP contribution in [0.15, 0.2) is 23.1 Å². The third-order valence-electron chi connectivity index (χ3n) is 4.51. The van der Waals surface area contributed by atoms with Crippen LogP contribution >= 0.6 is 0 Å². The van der Waals surface area contributed by atoms with Crippen molar-refractivity contribution in [2.45, 2.75) is 36.7 Å². The molecule has 26 heavy (non-hydrogen) atoms. The van der Waals surface area contributed by atoms with Crippen LogP contribution in [0.1, 0.15) is 36.0 Å². The first-order chi connectivity index (χ1) is 12.4. The van der Waals surface area contributed by atoms with E-state index in [1.807, 2.05) is 0 Å². The molecule has 3 rings (SSSR count). The van der Waals surface area contributed by atoms with Gasteiger partial charge in [0.15, 0.2) is 11.9 Å². The van der Waals surface area contributed by atoms with Gasteiger partial charge in [-0.25, -0.2) is 17.6 Å². The molecule has 1 atom stereocenters. The van der Waals surface area contributed by atoms with E-state index in [-0.39, 0.29) is 37.0 Å². The lowest BCUT2D eigenvalue weighted by Crippen LogP contribution is -2.40. The zero-order valence-electron chi connectivity index (χ0n) is 14.1. The number of Topliss-reactive ketones (excluding diaryl/α,β-unsaturated/α-hetero) is 1. The highest BCUT2D eigenvalue weighted by Gasteiger charge is 2.30. The van der Waals surface area contributed by atoms with E-state index >= 15 is 0 Å². The topological polar surface area (TPSA) is 90.0 Å². The van der Waals surface area contributed by atoms with Crippen molar-refractivity contribution in [3.63, 3.8) is 0 Å². The number of sulfonamides is 1. The normalized spacial score (nSPS) is 22.2. The van der Waals surface area contributed by atoms with Gasteiger partial charge < -0.3 is 9.47 Å². The number of halogens is 1. The van der Waals surface area contributed by atoms with Crippen molar-refractivity contribution < 1.29 is 31.9 Å². The summed E-state index contributed by atoms with van der Waals surface area (Å²) in [6.07, 6.45) is 1.32. The van der Waals surface area contributed by atoms with Crippen LogP contribution in [-0.2, 0) is 24.3 Å². The quantitative estimate of drug-likeness (QED) is 0.730. The highest BCUT2D eigenvalue weighted by atomic mass is 32.2. The molecule has 0 unspecified atom stereocenters. The first-order valence-electron chi connectivity index (χ1n) is 8.51. The predicted octanol–water partition coefficient (Wildman–Crippen LogP) is 1.52. The van der Waals surface area contributed by atoms with Crippen LogP contribution in [0.5, 0.6) is 0 Å². The van der Waals surface area contributed by atoms with E-state index in [0.717, 1.165) is 31.0 Å². The number of hydrogen-bond acceptors (Lipinski definition) is 6. The van der Waals surface area contributed by atoms with Gasteiger partial charge in [-0.15, -0.1) is 0 Å². The molecule has 0 radical (unpaired) electrons. The highest BCUT2D eigenvalue weighted by molar-refractivity contribution is 7.89. The molecule has 1 aromatic rings. The van der Waals surface area contributed by atoms with Crippen LogP contribution in [0.25, 0.3) is 0 Å². The Morgan fingerprint density at radius 3 is 2.65 bits per heavy atom. The van der Waals surface area contributed by atoms with E-state index in [2.05, 4.69) is 0 Å². The van der Waals surface area contributed by atoms with Gasteiger partial charge in [-0.2, -0.15) is 4.31 Å². The summed E-state index contributed by atoms with van der Waals surface area (Å²) in [6.45, 7) is 0.935. The number of ketones is 1. The number of ether oxygens (including phenoxy) is 2. The molecule has 1 saturated carbocycles. The molecule has 1 aromatic carbocycles. The Balaban J connectivity index is 1.83. The Bertz CT molecular complexity index is 803. The van der Waals surface area contributed by atoms with Crippen molar-refractivity contribution in [3.8, 4) is 0 Å². The molecule has 0 N–H and O–H groups in total. The molecular weight excluding hydrogens is 365 g/mol. The number of esters is 1. The summed E-state index contributed by atoms with van der Waals surface area (Å²) < 4.78 is 50.9. The maximum Gasteiger partial charge on any atom is 0.341 e. The summed E-state index contributed by atoms with van der Waals surface area (Å²) in [5, 5.41) is 0. The summed E-state index contributed by atoms with van der Waals surface area (Å²) in [7, 11) is -3.87. The fourth-order valence-corrected chi connectivity index (χ4v) is 4.46. The molecule has 142 valence electrons. The van der Waals surface area contributed by atoms with Crippen molar-refractivity contribution in [1.29, 1.82) is 0 Å². The molecule has 1 aliphatic heterocycles. The lowest BCUT2D eigenvalue weighted by Gasteiger charge is -2.26. The van der Waals surface area contributed by atoms with Crippen molar-refractivity contribution >= 4 is 21.8 Å². The first-order valence-corrected chi connectivity index (χ1v) is 9.95. The largest absolute Gasteiger partial charge is 0.451 e. The number of nitrogens with zero attached hydrogens (tertiary/aromatic N) is 1. The number of benzene rings is 1. The second kappa shape index (κ2) is 7.81. The van der Waals surface area contributed by atoms with Crippen molar-refractivity contribution in [2.24, 2.45) is 0 Å². The fourth-order valence-electron chi connectivity index (χ4n) is 3.03. The van der Waals surface area contributed by atoms with Crippen LogP contribution in [0, 0.1) is 5.82 Å². The third kappa shape index (κ3) is 3.94. The maximum atomic E-state index is 14.1. The van der Waals surface area contributed by atoms with Crippen LogP contribution in [0.4, 0.5) is 4.39 Å². The minimum Gasteiger partial charge on any atom is -0.451 e. The number of morpholine rings is 1. The third-order valence-corrected chi connectivity index (χ3v) is 6.41. The summed E-state index contributed by atoms with van der Waals surface area (Å²) in [5.41, 5.74) is -0.488. The lowest BCUT2D eigenvalue weighted by molar-refractivity contribution is -0.129. The molecule has 0 aromatic heterocycles. The average molecular weight is 385 g/mol. The molecule has 0 spiro atoms. The Morgan fingerprint density at radius 1 is 1.23 bits per heavy atom. The molecule has 0 bridgehead atoms. The predicted molar refractivity (Wildman–Crippen MR) is 88.7 cm³/mol. The van der Waals surface area contributed by atoms with E-state index in [1.165, 1.54) is 4.31 Å². The standard InChI is InChI=1S/C17H20FNO6S/c18-14-6-5-12(26(22,23)19-7-9-24-10-8-19)11-13(14)17(21)25-16-4-2-1-3-15(16)20/h5-6,11,16H,1-4,7-10H2/t16-/m0/s1. The SMILES string of the molecule is O=C(O[C@H]1CCCCC1=O)c1cc(S(=O)(=O)N2CCOCC2)ccc1F. The van der Waals surface area contributed by atoms with E-state index in [9.17, 15) is 22.4 Å². The van der Waals surface area contributed by atoms with Gasteiger partial charge in [0.2, 0.25) is 10.0 Å². The molecule has 0 amide bonds. The average Bonchev–Trinajstić information content (AvgIpc) is 2.64. The maximum absolute atomic E-state index is 14.1. The second-order valence-corrected chi connectivity index (χ2v) is 8.20. The molecule has 7 nitrogen and oxygen atoms in total. The van der Waals surface area contributed by atoms with Gasteiger partial charge in [0.05, 0.1) is 23.7 Å². The minimum atomic E-state index is -3.87. The van der Waals surface area contributed by atoms with Crippen LogP contribution in [0.3, 0.4) is 0 Å². The molecule has 2 aliphatic rings. The van der Waals surface area contributed by atoms with Crippen LogP contribution < -0.4 is 0 Å². The summed E-state index contributed by atoms with van der Waals surface area (Å²) >= 11 is 0. The number of carbonyl (C=O) groups is 2. The molecular formula is C17H20FNO6S. The van der Waals surface area contributed by atoms with Gasteiger partial charge in [0.25, 0.3) is 0 Å². The van der Waals surface area contributed by atoms with Gasteiger partial charge in [0.1, 0.15) is 5.82 Å². The second-order valence-electron chi connectivity index (χ2n) is 6.26. The Hall–Kier alpha value is -1.84. The van der Waals surface area contributed by atoms with E-state index < -0.39 is 33.5 Å². The molecule has 2 fully saturated rings. The minimum absolute atomic E-state index is 0.191. The van der Waals surface area contributed by atoms with Crippen LogP contribution in [0.2, 0.25) is 0 Å². The number of hydrogen-bond donors (Lipinski definition) is 0. The highest BCUT2D eigenvalue weighted by Crippen LogP contribution is 2.23. The van der Waals surface area contributed by atoms with Gasteiger partial charge in [-0.1, -0.05) is 0 Å². The van der Waals surface area contributed by atoms with Gasteiger partial charge in [0, 0.05) is 19.5 Å². The summed E-state index contributed by atoms with van der Waals surface area (Å²) in [6, 6.07) is 3.01. The van der Waals surface area contributed by atoms with Crippen LogP contribution in [-0.4, -0.2) is 56.9 Å². The number of rotatable bonds is 4. The van der Waals surface area contributed by atoms with Crippen molar-refractivity contribution in [3.05, 3.63) is 29.6 Å². The zero-order valence-corrected chi connectivity index (χ0v) is 15.0. The summed E-state index contributed by atoms with van der Waals surface area (Å²) in [4.78, 5) is 23.9. The smallest absolute Gasteiger partial charge is 0.341 e. The van der Waals surface area contributed by atoms with Gasteiger partial charge in [-0.05, 0) is 37.5 Å². The van der Waals surface area contributed by atoms with Crippen molar-refractivity contribution in [2.75, 3.05) is 26.3 Å². The number of carbonyl (C=O) groups excluding carboxylic acids is 2. The van der Waals surface area contributed by atoms with Gasteiger partial charge in [-0.3, -0.25) is 4.79 Å².